The molecular weight excluding hydrogens is 575 g/mol. The third kappa shape index (κ3) is 6.35. The summed E-state index contributed by atoms with van der Waals surface area (Å²) >= 11 is 21.1. The maximum Gasteiger partial charge on any atom is 0.231 e. The minimum Gasteiger partial charge on any atom is -0.355 e. The molecule has 0 spiro atoms. The number of thiol groups is 2. The van der Waals surface area contributed by atoms with Crippen molar-refractivity contribution >= 4 is 91.3 Å². The van der Waals surface area contributed by atoms with Crippen LogP contribution < -0.4 is 10.6 Å². The highest BCUT2D eigenvalue weighted by molar-refractivity contribution is 8.75. The Hall–Kier alpha value is -2.55. The molecule has 4 aromatic rings. The maximum absolute atomic E-state index is 12.6. The fourth-order valence-corrected chi connectivity index (χ4v) is 5.32. The summed E-state index contributed by atoms with van der Waals surface area (Å²) in [6.07, 6.45) is 0.612. The zero-order chi connectivity index (χ0) is 27.4. The molecule has 0 unspecified atom stereocenters. The third-order valence-electron chi connectivity index (χ3n) is 6.20. The highest BCUT2D eigenvalue weighted by atomic mass is 35.5. The highest BCUT2D eigenvalue weighted by Crippen LogP contribution is 2.37. The Bertz CT molecular complexity index is 1540. The zero-order valence-electron chi connectivity index (χ0n) is 20.5. The van der Waals surface area contributed by atoms with E-state index >= 15 is 0 Å². The monoisotopic (exact) mass is 598 g/mol. The lowest BCUT2D eigenvalue weighted by Gasteiger charge is -2.17. The fraction of sp³-hybridized carbons (Fsp3) is 0.103. The van der Waals surface area contributed by atoms with Crippen molar-refractivity contribution in [2.75, 3.05) is 10.6 Å². The summed E-state index contributed by atoms with van der Waals surface area (Å²) in [5, 5.41) is 7.11. The van der Waals surface area contributed by atoms with Crippen LogP contribution in [-0.4, -0.2) is 10.2 Å². The van der Waals surface area contributed by atoms with Gasteiger partial charge < -0.3 is 10.6 Å². The molecule has 0 saturated heterocycles. The summed E-state index contributed by atoms with van der Waals surface area (Å²) in [6, 6.07) is 22.5. The molecule has 0 aliphatic rings. The first-order valence-corrected chi connectivity index (χ1v) is 14.6. The van der Waals surface area contributed by atoms with Crippen molar-refractivity contribution in [2.45, 2.75) is 20.3 Å². The van der Waals surface area contributed by atoms with Crippen LogP contribution in [0, 0.1) is 13.8 Å². The number of benzene rings is 4. The molecule has 0 amide bonds. The van der Waals surface area contributed by atoms with Crippen LogP contribution in [0.4, 0.5) is 22.7 Å². The van der Waals surface area contributed by atoms with Gasteiger partial charge in [0.2, 0.25) is 10.2 Å². The Morgan fingerprint density at radius 3 is 2.32 bits per heavy atom. The number of hydrogen-bond donors (Lipinski definition) is 4. The lowest BCUT2D eigenvalue weighted by molar-refractivity contribution is 0.108. The van der Waals surface area contributed by atoms with Crippen LogP contribution in [0.3, 0.4) is 0 Å². The van der Waals surface area contributed by atoms with Gasteiger partial charge in [-0.15, -0.1) is 24.3 Å². The van der Waals surface area contributed by atoms with Crippen molar-refractivity contribution in [3.63, 3.8) is 0 Å². The number of nitrogens with one attached hydrogen (secondary N) is 2. The maximum atomic E-state index is 12.6. The van der Waals surface area contributed by atoms with Crippen molar-refractivity contribution in [1.29, 1.82) is 0 Å². The second-order valence-electron chi connectivity index (χ2n) is 8.68. The lowest BCUT2D eigenvalue weighted by Crippen LogP contribution is -2.04. The molecule has 0 fully saturated rings. The Kier molecular flexibility index (Phi) is 9.39. The van der Waals surface area contributed by atoms with Crippen LogP contribution >= 0.6 is 58.3 Å². The average Bonchev–Trinajstić information content (AvgIpc) is 2.91. The molecule has 194 valence electrons. The van der Waals surface area contributed by atoms with E-state index in [1.165, 1.54) is 0 Å². The molecule has 0 aliphatic carbocycles. The molecule has 0 bridgehead atoms. The number of para-hydroxylation sites is 1. The molecule has 4 nitrogen and oxygen atoms in total. The minimum absolute atomic E-state index is 0.193. The third-order valence-corrected chi connectivity index (χ3v) is 8.12. The second-order valence-corrected chi connectivity index (χ2v) is 11.0. The first kappa shape index (κ1) is 28.5. The highest BCUT2D eigenvalue weighted by Gasteiger charge is 2.17. The Morgan fingerprint density at radius 2 is 1.58 bits per heavy atom. The van der Waals surface area contributed by atoms with E-state index in [9.17, 15) is 9.59 Å². The molecule has 0 heterocycles. The van der Waals surface area contributed by atoms with Crippen LogP contribution in [0.25, 0.3) is 0 Å². The van der Waals surface area contributed by atoms with Crippen molar-refractivity contribution in [1.82, 2.24) is 0 Å². The molecule has 0 saturated carbocycles. The number of rotatable bonds is 8. The van der Waals surface area contributed by atoms with E-state index in [1.54, 1.807) is 24.3 Å². The van der Waals surface area contributed by atoms with E-state index in [1.807, 2.05) is 56.3 Å². The molecule has 2 N–H and O–H groups in total. The molecule has 0 radical (unpaired) electrons. The van der Waals surface area contributed by atoms with Crippen LogP contribution in [-0.2, 0) is 6.42 Å². The predicted molar refractivity (Wildman–Crippen MR) is 169 cm³/mol. The van der Waals surface area contributed by atoms with E-state index in [0.29, 0.717) is 44.7 Å². The predicted octanol–water partition coefficient (Wildman–Crippen LogP) is 9.48. The van der Waals surface area contributed by atoms with Gasteiger partial charge in [-0.1, -0.05) is 59.6 Å². The number of carbonyl (C=O) groups is 2. The Labute approximate surface area is 246 Å². The second kappa shape index (κ2) is 12.5. The number of halogens is 2. The zero-order valence-corrected chi connectivity index (χ0v) is 24.6. The van der Waals surface area contributed by atoms with Gasteiger partial charge in [-0.25, -0.2) is 0 Å². The number of aryl methyl sites for hydroxylation is 1. The molecule has 4 aromatic carbocycles. The average molecular weight is 600 g/mol. The summed E-state index contributed by atoms with van der Waals surface area (Å²) in [5.74, 6) is 0. The molecule has 9 heteroatoms. The Balaban J connectivity index is 1.68. The molecule has 0 atom stereocenters. The van der Waals surface area contributed by atoms with E-state index in [-0.39, 0.29) is 10.2 Å². The summed E-state index contributed by atoms with van der Waals surface area (Å²) in [7, 11) is 0.844. The fourth-order valence-electron chi connectivity index (χ4n) is 4.09. The van der Waals surface area contributed by atoms with Crippen molar-refractivity contribution < 1.29 is 9.59 Å². The molecule has 38 heavy (non-hydrogen) atoms. The number of carbonyl (C=O) groups excluding carboxylic acids is 2. The smallest absolute Gasteiger partial charge is 0.231 e. The largest absolute Gasteiger partial charge is 0.355 e. The van der Waals surface area contributed by atoms with Gasteiger partial charge in [-0.05, 0) is 89.7 Å². The van der Waals surface area contributed by atoms with Crippen LogP contribution in [0.1, 0.15) is 43.0 Å². The van der Waals surface area contributed by atoms with Gasteiger partial charge in [0.05, 0.1) is 38.2 Å². The lowest BCUT2D eigenvalue weighted by atomic mass is 9.97. The molecule has 4 rings (SSSR count). The van der Waals surface area contributed by atoms with E-state index in [2.05, 4.69) is 41.0 Å². The van der Waals surface area contributed by atoms with Gasteiger partial charge in [-0.3, -0.25) is 9.59 Å². The van der Waals surface area contributed by atoms with Crippen LogP contribution in [0.5, 0.6) is 0 Å². The summed E-state index contributed by atoms with van der Waals surface area (Å²) in [6.45, 7) is 3.92. The van der Waals surface area contributed by atoms with E-state index in [4.69, 9.17) is 23.2 Å². The normalized spacial score (nSPS) is 10.8. The number of hydrogen-bond acceptors (Lipinski definition) is 6. The standard InChI is InChI=1S/C29H24Cl2N2O2S3/c1-16-10-13-22(30)27(26(16)31)33-25-15-18(11-12-21(25)29(35)38-37)14-19-6-5-9-23(17(19)2)32-24-8-4-3-7-20(24)28(34)36/h3-13,15,32-33,37H,14H2,1-2H3,(H,34,36). The molecule has 0 aliphatic heterocycles. The SMILES string of the molecule is Cc1ccc(Cl)c(Nc2cc(Cc3cccc(Nc4ccccc4C(=O)S)c3C)ccc2C(=O)SS)c1Cl. The first-order valence-electron chi connectivity index (χ1n) is 11.6. The van der Waals surface area contributed by atoms with Gasteiger partial charge in [-0.2, -0.15) is 0 Å². The minimum atomic E-state index is -0.301. The van der Waals surface area contributed by atoms with Gasteiger partial charge in [0.15, 0.2) is 0 Å². The topological polar surface area (TPSA) is 58.2 Å². The Morgan fingerprint density at radius 1 is 0.842 bits per heavy atom. The van der Waals surface area contributed by atoms with E-state index in [0.717, 1.165) is 38.7 Å². The van der Waals surface area contributed by atoms with Crippen LogP contribution in [0.15, 0.2) is 72.8 Å². The van der Waals surface area contributed by atoms with Gasteiger partial charge in [0.1, 0.15) is 0 Å². The quantitative estimate of drug-likeness (QED) is 0.120. The van der Waals surface area contributed by atoms with Crippen molar-refractivity contribution in [2.24, 2.45) is 0 Å². The summed E-state index contributed by atoms with van der Waals surface area (Å²) < 4.78 is 0. The van der Waals surface area contributed by atoms with Gasteiger partial charge in [0.25, 0.3) is 0 Å². The van der Waals surface area contributed by atoms with E-state index < -0.39 is 0 Å². The molecule has 0 aromatic heterocycles. The molecular formula is C29H24Cl2N2O2S3. The summed E-state index contributed by atoms with van der Waals surface area (Å²) in [5.41, 5.74) is 7.68. The number of anilines is 4. The van der Waals surface area contributed by atoms with Gasteiger partial charge in [0, 0.05) is 5.69 Å². The van der Waals surface area contributed by atoms with Gasteiger partial charge >= 0.3 is 0 Å². The first-order chi connectivity index (χ1) is 18.2. The van der Waals surface area contributed by atoms with Crippen LogP contribution in [0.2, 0.25) is 10.0 Å². The van der Waals surface area contributed by atoms with Crippen molar-refractivity contribution in [3.05, 3.63) is 116 Å². The van der Waals surface area contributed by atoms with Crippen molar-refractivity contribution in [3.8, 4) is 0 Å². The summed E-state index contributed by atoms with van der Waals surface area (Å²) in [4.78, 5) is 24.6.